The molecular formula is C17H15F3N4O. The minimum absolute atomic E-state index is 0.0885. The molecule has 1 aromatic carbocycles. The highest BCUT2D eigenvalue weighted by atomic mass is 19.4. The van der Waals surface area contributed by atoms with E-state index in [1.807, 2.05) is 13.0 Å². The van der Waals surface area contributed by atoms with Gasteiger partial charge >= 0.3 is 6.18 Å². The Hall–Kier alpha value is -2.95. The number of aromatic amines is 1. The summed E-state index contributed by atoms with van der Waals surface area (Å²) in [5, 5.41) is 16.4. The van der Waals surface area contributed by atoms with Crippen molar-refractivity contribution in [3.63, 3.8) is 0 Å². The summed E-state index contributed by atoms with van der Waals surface area (Å²) in [6.07, 6.45) is -2.92. The van der Waals surface area contributed by atoms with Crippen LogP contribution in [-0.4, -0.2) is 10.2 Å². The Balaban J connectivity index is 2.13. The van der Waals surface area contributed by atoms with Crippen molar-refractivity contribution >= 4 is 0 Å². The van der Waals surface area contributed by atoms with E-state index in [1.165, 1.54) is 12.1 Å². The molecule has 8 heteroatoms. The second kappa shape index (κ2) is 6.16. The highest BCUT2D eigenvalue weighted by Crippen LogP contribution is 2.43. The highest BCUT2D eigenvalue weighted by Gasteiger charge is 2.36. The van der Waals surface area contributed by atoms with Crippen LogP contribution in [0.3, 0.4) is 0 Å². The standard InChI is InChI=1S/C17H15F3N4O/c1-2-3-12-14-13(9-4-6-10(7-5-9)17(18,19)20)11(8-21)15(22)25-16(14)24-23-12/h4-7,13H,2-3,22H2,1H3,(H,23,24)/t13-/m0/s1. The van der Waals surface area contributed by atoms with Crippen LogP contribution in [0.5, 0.6) is 5.88 Å². The summed E-state index contributed by atoms with van der Waals surface area (Å²) >= 11 is 0. The molecule has 1 aliphatic rings. The zero-order valence-corrected chi connectivity index (χ0v) is 13.3. The number of hydrogen-bond acceptors (Lipinski definition) is 4. The summed E-state index contributed by atoms with van der Waals surface area (Å²) in [7, 11) is 0. The van der Waals surface area contributed by atoms with Gasteiger partial charge in [-0.25, -0.2) is 0 Å². The predicted molar refractivity (Wildman–Crippen MR) is 83.3 cm³/mol. The lowest BCUT2D eigenvalue weighted by molar-refractivity contribution is -0.137. The van der Waals surface area contributed by atoms with Gasteiger partial charge in [-0.3, -0.25) is 5.10 Å². The number of ether oxygens (including phenoxy) is 1. The van der Waals surface area contributed by atoms with E-state index in [2.05, 4.69) is 10.2 Å². The van der Waals surface area contributed by atoms with E-state index in [0.717, 1.165) is 24.2 Å². The van der Waals surface area contributed by atoms with Crippen LogP contribution in [0.25, 0.3) is 0 Å². The Morgan fingerprint density at radius 2 is 2.00 bits per heavy atom. The van der Waals surface area contributed by atoms with Gasteiger partial charge in [0.05, 0.1) is 11.5 Å². The summed E-state index contributed by atoms with van der Waals surface area (Å²) in [5.41, 5.74) is 7.17. The molecule has 5 nitrogen and oxygen atoms in total. The molecule has 0 amide bonds. The third-order valence-electron chi connectivity index (χ3n) is 4.09. The normalized spacial score (nSPS) is 17.0. The number of hydrogen-bond donors (Lipinski definition) is 2. The largest absolute Gasteiger partial charge is 0.420 e. The first-order chi connectivity index (χ1) is 11.9. The molecule has 130 valence electrons. The van der Waals surface area contributed by atoms with Crippen molar-refractivity contribution in [2.24, 2.45) is 5.73 Å². The second-order valence-corrected chi connectivity index (χ2v) is 5.72. The number of H-pyrrole nitrogens is 1. The number of fused-ring (bicyclic) bond motifs is 1. The zero-order chi connectivity index (χ0) is 18.2. The lowest BCUT2D eigenvalue weighted by Crippen LogP contribution is -2.21. The van der Waals surface area contributed by atoms with Crippen molar-refractivity contribution in [1.29, 1.82) is 5.26 Å². The Bertz CT molecular complexity index is 859. The van der Waals surface area contributed by atoms with E-state index >= 15 is 0 Å². The maximum atomic E-state index is 12.8. The Labute approximate surface area is 141 Å². The number of alkyl halides is 3. The molecule has 0 fully saturated rings. The molecule has 0 spiro atoms. The maximum Gasteiger partial charge on any atom is 0.416 e. The van der Waals surface area contributed by atoms with Crippen LogP contribution in [0, 0.1) is 11.3 Å². The molecule has 3 rings (SSSR count). The van der Waals surface area contributed by atoms with Crippen LogP contribution >= 0.6 is 0 Å². The summed E-state index contributed by atoms with van der Waals surface area (Å²) in [6.45, 7) is 1.99. The molecule has 1 aromatic heterocycles. The van der Waals surface area contributed by atoms with Gasteiger partial charge in [0.1, 0.15) is 11.6 Å². The number of nitrogens with zero attached hydrogens (tertiary/aromatic N) is 2. The van der Waals surface area contributed by atoms with Gasteiger partial charge in [0.15, 0.2) is 0 Å². The van der Waals surface area contributed by atoms with E-state index in [1.54, 1.807) is 0 Å². The van der Waals surface area contributed by atoms with E-state index in [0.29, 0.717) is 17.5 Å². The molecule has 0 bridgehead atoms. The molecule has 0 saturated heterocycles. The van der Waals surface area contributed by atoms with Crippen LogP contribution in [0.2, 0.25) is 0 Å². The van der Waals surface area contributed by atoms with E-state index < -0.39 is 17.7 Å². The molecule has 1 atom stereocenters. The molecule has 1 aliphatic heterocycles. The number of nitriles is 1. The fourth-order valence-corrected chi connectivity index (χ4v) is 2.95. The molecule has 2 heterocycles. The van der Waals surface area contributed by atoms with Crippen molar-refractivity contribution in [3.8, 4) is 11.9 Å². The summed E-state index contributed by atoms with van der Waals surface area (Å²) < 4.78 is 43.8. The number of nitrogens with two attached hydrogens (primary N) is 1. The van der Waals surface area contributed by atoms with Gasteiger partial charge in [-0.15, -0.1) is 5.10 Å². The van der Waals surface area contributed by atoms with Gasteiger partial charge < -0.3 is 10.5 Å². The Kier molecular flexibility index (Phi) is 4.17. The summed E-state index contributed by atoms with van der Waals surface area (Å²) in [6, 6.07) is 6.72. The van der Waals surface area contributed by atoms with Crippen molar-refractivity contribution in [2.45, 2.75) is 31.9 Å². The number of aryl methyl sites for hydroxylation is 1. The number of nitrogens with one attached hydrogen (secondary N) is 1. The highest BCUT2D eigenvalue weighted by molar-refractivity contribution is 5.55. The monoisotopic (exact) mass is 348 g/mol. The summed E-state index contributed by atoms with van der Waals surface area (Å²) in [5.74, 6) is -0.448. The lowest BCUT2D eigenvalue weighted by atomic mass is 9.83. The average Bonchev–Trinajstić information content (AvgIpc) is 2.95. The quantitative estimate of drug-likeness (QED) is 0.887. The van der Waals surface area contributed by atoms with Crippen molar-refractivity contribution in [3.05, 3.63) is 58.1 Å². The van der Waals surface area contributed by atoms with Crippen LogP contribution in [0.15, 0.2) is 35.7 Å². The first-order valence-electron chi connectivity index (χ1n) is 7.68. The number of allylic oxidation sites excluding steroid dienone is 1. The minimum atomic E-state index is -4.42. The van der Waals surface area contributed by atoms with E-state index in [4.69, 9.17) is 10.5 Å². The zero-order valence-electron chi connectivity index (χ0n) is 13.3. The van der Waals surface area contributed by atoms with Crippen LogP contribution < -0.4 is 10.5 Å². The van der Waals surface area contributed by atoms with E-state index in [-0.39, 0.29) is 17.3 Å². The van der Waals surface area contributed by atoms with Crippen molar-refractivity contribution < 1.29 is 17.9 Å². The molecule has 0 aliphatic carbocycles. The van der Waals surface area contributed by atoms with Crippen LogP contribution in [0.1, 0.15) is 41.6 Å². The van der Waals surface area contributed by atoms with E-state index in [9.17, 15) is 18.4 Å². The molecule has 0 radical (unpaired) electrons. The average molecular weight is 348 g/mol. The Morgan fingerprint density at radius 3 is 2.56 bits per heavy atom. The van der Waals surface area contributed by atoms with Gasteiger partial charge in [-0.1, -0.05) is 25.5 Å². The third-order valence-corrected chi connectivity index (χ3v) is 4.09. The predicted octanol–water partition coefficient (Wildman–Crippen LogP) is 3.60. The van der Waals surface area contributed by atoms with Crippen molar-refractivity contribution in [1.82, 2.24) is 10.2 Å². The van der Waals surface area contributed by atoms with Gasteiger partial charge in [0.2, 0.25) is 11.8 Å². The first-order valence-corrected chi connectivity index (χ1v) is 7.68. The number of benzene rings is 1. The van der Waals surface area contributed by atoms with Crippen LogP contribution in [0.4, 0.5) is 13.2 Å². The third kappa shape index (κ3) is 2.93. The Morgan fingerprint density at radius 1 is 1.32 bits per heavy atom. The fraction of sp³-hybridized carbons (Fsp3) is 0.294. The first kappa shape index (κ1) is 16.9. The van der Waals surface area contributed by atoms with Gasteiger partial charge in [0, 0.05) is 11.3 Å². The van der Waals surface area contributed by atoms with Gasteiger partial charge in [0.25, 0.3) is 0 Å². The van der Waals surface area contributed by atoms with Gasteiger partial charge in [-0.2, -0.15) is 18.4 Å². The number of rotatable bonds is 3. The molecule has 0 saturated carbocycles. The molecular weight excluding hydrogens is 333 g/mol. The smallest absolute Gasteiger partial charge is 0.416 e. The molecule has 25 heavy (non-hydrogen) atoms. The fourth-order valence-electron chi connectivity index (χ4n) is 2.95. The SMILES string of the molecule is CCCc1[nH]nc2c1[C@@H](c1ccc(C(F)(F)F)cc1)C(C#N)=C(N)O2. The molecule has 0 unspecified atom stereocenters. The lowest BCUT2D eigenvalue weighted by Gasteiger charge is -2.24. The number of halogens is 3. The molecule has 2 aromatic rings. The van der Waals surface area contributed by atoms with Crippen molar-refractivity contribution in [2.75, 3.05) is 0 Å². The second-order valence-electron chi connectivity index (χ2n) is 5.72. The number of aromatic nitrogens is 2. The summed E-state index contributed by atoms with van der Waals surface area (Å²) in [4.78, 5) is 0. The minimum Gasteiger partial charge on any atom is -0.420 e. The topological polar surface area (TPSA) is 87.7 Å². The maximum absolute atomic E-state index is 12.8. The van der Waals surface area contributed by atoms with Gasteiger partial charge in [-0.05, 0) is 24.1 Å². The molecule has 3 N–H and O–H groups in total. The van der Waals surface area contributed by atoms with Crippen LogP contribution in [-0.2, 0) is 12.6 Å².